The second kappa shape index (κ2) is 5.09. The van der Waals surface area contributed by atoms with E-state index in [1.54, 1.807) is 0 Å². The summed E-state index contributed by atoms with van der Waals surface area (Å²) in [5, 5.41) is 8.29. The van der Waals surface area contributed by atoms with Crippen molar-refractivity contribution >= 4 is 11.3 Å². The molecule has 0 aliphatic carbocycles. The lowest BCUT2D eigenvalue weighted by atomic mass is 9.97. The first-order valence-electron chi connectivity index (χ1n) is 6.82. The third-order valence-corrected chi connectivity index (χ3v) is 5.27. The largest absolute Gasteiger partial charge is 0.310 e. The van der Waals surface area contributed by atoms with Gasteiger partial charge in [-0.05, 0) is 67.6 Å². The number of nitrogens with one attached hydrogen (secondary N) is 1. The minimum Gasteiger partial charge on any atom is -0.310 e. The molecule has 2 unspecified atom stereocenters. The molecule has 2 atom stereocenters. The van der Waals surface area contributed by atoms with E-state index in [1.165, 1.54) is 49.9 Å². The van der Waals surface area contributed by atoms with Crippen molar-refractivity contribution in [3.63, 3.8) is 0 Å². The smallest absolute Gasteiger partial charge is 0.0219 e. The summed E-state index contributed by atoms with van der Waals surface area (Å²) in [5.41, 5.74) is 2.93. The van der Waals surface area contributed by atoms with Crippen LogP contribution in [0.1, 0.15) is 36.8 Å². The first kappa shape index (κ1) is 11.7. The van der Waals surface area contributed by atoms with Gasteiger partial charge in [-0.1, -0.05) is 0 Å². The van der Waals surface area contributed by atoms with Crippen molar-refractivity contribution < 1.29 is 0 Å². The lowest BCUT2D eigenvalue weighted by molar-refractivity contribution is 0.166. The third kappa shape index (κ3) is 2.56. The number of rotatable bonds is 3. The highest BCUT2D eigenvalue weighted by Gasteiger charge is 2.31. The van der Waals surface area contributed by atoms with Crippen LogP contribution in [-0.4, -0.2) is 30.1 Å². The summed E-state index contributed by atoms with van der Waals surface area (Å²) in [5.74, 6) is 0. The molecule has 2 aliphatic heterocycles. The fourth-order valence-corrected chi connectivity index (χ4v) is 4.09. The molecule has 17 heavy (non-hydrogen) atoms. The van der Waals surface area contributed by atoms with E-state index in [9.17, 15) is 0 Å². The van der Waals surface area contributed by atoms with Gasteiger partial charge in [0.15, 0.2) is 0 Å². The van der Waals surface area contributed by atoms with E-state index in [2.05, 4.69) is 27.9 Å². The van der Waals surface area contributed by atoms with Gasteiger partial charge in [0.25, 0.3) is 0 Å². The fourth-order valence-electron chi connectivity index (χ4n) is 3.23. The molecule has 0 bridgehead atoms. The predicted molar refractivity (Wildman–Crippen MR) is 73.5 cm³/mol. The van der Waals surface area contributed by atoms with Gasteiger partial charge in [0, 0.05) is 18.6 Å². The van der Waals surface area contributed by atoms with Crippen molar-refractivity contribution in [2.75, 3.05) is 13.1 Å². The van der Waals surface area contributed by atoms with Crippen molar-refractivity contribution in [1.82, 2.24) is 10.2 Å². The van der Waals surface area contributed by atoms with Crippen molar-refractivity contribution in [2.45, 2.75) is 51.2 Å². The van der Waals surface area contributed by atoms with Gasteiger partial charge in [-0.2, -0.15) is 11.3 Å². The second-order valence-electron chi connectivity index (χ2n) is 5.51. The zero-order chi connectivity index (χ0) is 11.7. The molecular formula is C14H22N2S. The monoisotopic (exact) mass is 250 g/mol. The molecule has 2 fully saturated rings. The maximum absolute atomic E-state index is 3.76. The highest BCUT2D eigenvalue weighted by molar-refractivity contribution is 7.08. The molecule has 1 aromatic rings. The number of nitrogens with zero attached hydrogens (tertiary/aromatic N) is 1. The first-order chi connectivity index (χ1) is 8.33. The minimum absolute atomic E-state index is 0.744. The molecule has 0 saturated carbocycles. The molecule has 0 spiro atoms. The zero-order valence-corrected chi connectivity index (χ0v) is 11.4. The van der Waals surface area contributed by atoms with Gasteiger partial charge < -0.3 is 10.2 Å². The second-order valence-corrected chi connectivity index (χ2v) is 6.26. The van der Waals surface area contributed by atoms with E-state index >= 15 is 0 Å². The third-order valence-electron chi connectivity index (χ3n) is 4.36. The van der Waals surface area contributed by atoms with Gasteiger partial charge in [-0.3, -0.25) is 0 Å². The highest BCUT2D eigenvalue weighted by atomic mass is 32.1. The van der Waals surface area contributed by atoms with Crippen LogP contribution in [0.15, 0.2) is 10.8 Å². The van der Waals surface area contributed by atoms with Gasteiger partial charge in [-0.15, -0.1) is 0 Å². The molecule has 1 aromatic heterocycles. The molecule has 1 N–H and O–H groups in total. The van der Waals surface area contributed by atoms with Gasteiger partial charge in [-0.25, -0.2) is 0 Å². The molecular weight excluding hydrogens is 228 g/mol. The number of fused-ring (bicyclic) bond motifs is 1. The van der Waals surface area contributed by atoms with Crippen LogP contribution in [-0.2, 0) is 6.54 Å². The van der Waals surface area contributed by atoms with Crippen LogP contribution in [0.25, 0.3) is 0 Å². The number of thiophene rings is 1. The Morgan fingerprint density at radius 2 is 2.29 bits per heavy atom. The standard InChI is InChI=1S/C14H22N2S/c1-11-9-17-10-12(11)8-15-13-4-6-16-5-2-3-14(16)7-13/h9-10,13-15H,2-8H2,1H3. The average molecular weight is 250 g/mol. The Morgan fingerprint density at radius 1 is 1.35 bits per heavy atom. The average Bonchev–Trinajstić information content (AvgIpc) is 2.94. The van der Waals surface area contributed by atoms with Crippen LogP contribution < -0.4 is 5.32 Å². The Kier molecular flexibility index (Phi) is 3.50. The SMILES string of the molecule is Cc1cscc1CNC1CCN2CCCC2C1. The fraction of sp³-hybridized carbons (Fsp3) is 0.714. The Bertz CT molecular complexity index is 374. The molecule has 2 saturated heterocycles. The van der Waals surface area contributed by atoms with Crippen LogP contribution in [0.5, 0.6) is 0 Å². The van der Waals surface area contributed by atoms with Crippen molar-refractivity contribution in [3.05, 3.63) is 21.9 Å². The maximum Gasteiger partial charge on any atom is 0.0219 e. The summed E-state index contributed by atoms with van der Waals surface area (Å²) in [6.07, 6.45) is 5.54. The van der Waals surface area contributed by atoms with Crippen molar-refractivity contribution in [1.29, 1.82) is 0 Å². The summed E-state index contributed by atoms with van der Waals surface area (Å²) in [4.78, 5) is 2.69. The van der Waals surface area contributed by atoms with Crippen LogP contribution >= 0.6 is 11.3 Å². The lowest BCUT2D eigenvalue weighted by Gasteiger charge is -2.35. The molecule has 94 valence electrons. The Balaban J connectivity index is 1.51. The van der Waals surface area contributed by atoms with Crippen LogP contribution in [0.3, 0.4) is 0 Å². The summed E-state index contributed by atoms with van der Waals surface area (Å²) in [6.45, 7) is 5.94. The van der Waals surface area contributed by atoms with E-state index in [0.29, 0.717) is 0 Å². The first-order valence-corrected chi connectivity index (χ1v) is 7.76. The molecule has 3 heteroatoms. The molecule has 0 aromatic carbocycles. The normalized spacial score (nSPS) is 29.5. The number of aryl methyl sites for hydroxylation is 1. The highest BCUT2D eigenvalue weighted by Crippen LogP contribution is 2.27. The zero-order valence-electron chi connectivity index (χ0n) is 10.6. The van der Waals surface area contributed by atoms with Gasteiger partial charge in [0.1, 0.15) is 0 Å². The summed E-state index contributed by atoms with van der Waals surface area (Å²) >= 11 is 1.82. The van der Waals surface area contributed by atoms with E-state index < -0.39 is 0 Å². The quantitative estimate of drug-likeness (QED) is 0.887. The molecule has 3 heterocycles. The Labute approximate surface area is 108 Å². The van der Waals surface area contributed by atoms with E-state index in [4.69, 9.17) is 0 Å². The van der Waals surface area contributed by atoms with Gasteiger partial charge in [0.2, 0.25) is 0 Å². The minimum atomic E-state index is 0.744. The van der Waals surface area contributed by atoms with E-state index in [-0.39, 0.29) is 0 Å². The van der Waals surface area contributed by atoms with E-state index in [0.717, 1.165) is 18.6 Å². The number of hydrogen-bond donors (Lipinski definition) is 1. The van der Waals surface area contributed by atoms with Crippen LogP contribution in [0, 0.1) is 6.92 Å². The summed E-state index contributed by atoms with van der Waals surface area (Å²) in [7, 11) is 0. The van der Waals surface area contributed by atoms with Crippen molar-refractivity contribution in [3.8, 4) is 0 Å². The maximum atomic E-state index is 3.76. The summed E-state index contributed by atoms with van der Waals surface area (Å²) < 4.78 is 0. The molecule has 2 nitrogen and oxygen atoms in total. The molecule has 3 rings (SSSR count). The lowest BCUT2D eigenvalue weighted by Crippen LogP contribution is -2.45. The van der Waals surface area contributed by atoms with Gasteiger partial charge in [0.05, 0.1) is 0 Å². The Morgan fingerprint density at radius 3 is 3.12 bits per heavy atom. The predicted octanol–water partition coefficient (Wildman–Crippen LogP) is 2.77. The molecule has 0 amide bonds. The van der Waals surface area contributed by atoms with Crippen molar-refractivity contribution in [2.24, 2.45) is 0 Å². The Hall–Kier alpha value is -0.380. The topological polar surface area (TPSA) is 15.3 Å². The molecule has 2 aliphatic rings. The van der Waals surface area contributed by atoms with E-state index in [1.807, 2.05) is 11.3 Å². The number of piperidine rings is 1. The van der Waals surface area contributed by atoms with Crippen LogP contribution in [0.4, 0.5) is 0 Å². The molecule has 0 radical (unpaired) electrons. The summed E-state index contributed by atoms with van der Waals surface area (Å²) in [6, 6.07) is 1.62. The van der Waals surface area contributed by atoms with Crippen LogP contribution in [0.2, 0.25) is 0 Å². The number of hydrogen-bond acceptors (Lipinski definition) is 3. The van der Waals surface area contributed by atoms with Gasteiger partial charge >= 0.3 is 0 Å².